The van der Waals surface area contributed by atoms with Crippen LogP contribution in [0.4, 0.5) is 14.6 Å². The molecule has 3 aromatic heterocycles. The van der Waals surface area contributed by atoms with E-state index in [0.29, 0.717) is 29.5 Å². The summed E-state index contributed by atoms with van der Waals surface area (Å²) in [4.78, 5) is 26.7. The third kappa shape index (κ3) is 4.98. The van der Waals surface area contributed by atoms with Gasteiger partial charge in [-0.1, -0.05) is 0 Å². The lowest BCUT2D eigenvalue weighted by atomic mass is 9.94. The van der Waals surface area contributed by atoms with Crippen molar-refractivity contribution in [2.45, 2.75) is 25.7 Å². The maximum atomic E-state index is 13.1. The van der Waals surface area contributed by atoms with Crippen LogP contribution in [0.1, 0.15) is 31.4 Å². The topological polar surface area (TPSA) is 97.5 Å². The summed E-state index contributed by atoms with van der Waals surface area (Å²) in [6.07, 6.45) is 3.35. The van der Waals surface area contributed by atoms with Gasteiger partial charge in [0.05, 0.1) is 11.9 Å². The highest BCUT2D eigenvalue weighted by atomic mass is 19.3. The Morgan fingerprint density at radius 3 is 3.00 bits per heavy atom. The maximum Gasteiger partial charge on any atom is 0.282 e. The van der Waals surface area contributed by atoms with Crippen LogP contribution < -0.4 is 10.2 Å². The number of fused-ring (bicyclic) bond motifs is 1. The third-order valence-electron chi connectivity index (χ3n) is 5.51. The molecule has 1 saturated heterocycles. The summed E-state index contributed by atoms with van der Waals surface area (Å²) in [7, 11) is 1.50. The predicted molar refractivity (Wildman–Crippen MR) is 113 cm³/mol. The molecule has 9 nitrogen and oxygen atoms in total. The van der Waals surface area contributed by atoms with Crippen molar-refractivity contribution in [1.29, 1.82) is 0 Å². The Bertz CT molecular complexity index is 1080. The number of piperidine rings is 1. The van der Waals surface area contributed by atoms with Crippen LogP contribution in [-0.4, -0.2) is 63.8 Å². The molecular formula is C21H25F2N7O2. The fourth-order valence-corrected chi connectivity index (χ4v) is 3.95. The largest absolute Gasteiger partial charge is 0.375 e. The van der Waals surface area contributed by atoms with Gasteiger partial charge in [-0.3, -0.25) is 4.79 Å². The van der Waals surface area contributed by atoms with Crippen molar-refractivity contribution in [3.05, 3.63) is 36.4 Å². The number of aromatic nitrogens is 5. The van der Waals surface area contributed by atoms with E-state index in [9.17, 15) is 13.6 Å². The van der Waals surface area contributed by atoms with Crippen LogP contribution in [0.5, 0.6) is 0 Å². The Morgan fingerprint density at radius 1 is 1.31 bits per heavy atom. The van der Waals surface area contributed by atoms with Crippen LogP contribution in [0.3, 0.4) is 0 Å². The predicted octanol–water partition coefficient (Wildman–Crippen LogP) is 2.49. The molecule has 1 fully saturated rings. The number of halogens is 2. The molecular weight excluding hydrogens is 420 g/mol. The van der Waals surface area contributed by atoms with Crippen LogP contribution in [0.2, 0.25) is 0 Å². The number of carbonyl (C=O) groups is 1. The quantitative estimate of drug-likeness (QED) is 0.569. The van der Waals surface area contributed by atoms with Gasteiger partial charge in [-0.05, 0) is 37.3 Å². The molecule has 1 amide bonds. The average Bonchev–Trinajstić information content (AvgIpc) is 3.23. The zero-order chi connectivity index (χ0) is 22.5. The number of alkyl halides is 2. The monoisotopic (exact) mass is 445 g/mol. The highest BCUT2D eigenvalue weighted by Crippen LogP contribution is 2.27. The Hall–Kier alpha value is -3.21. The maximum absolute atomic E-state index is 13.1. The van der Waals surface area contributed by atoms with E-state index in [4.69, 9.17) is 4.74 Å². The number of methoxy groups -OCH3 is 1. The number of hydrogen-bond acceptors (Lipinski definition) is 7. The van der Waals surface area contributed by atoms with E-state index in [-0.39, 0.29) is 18.2 Å². The number of nitrogens with zero attached hydrogens (tertiary/aromatic N) is 6. The molecule has 0 spiro atoms. The van der Waals surface area contributed by atoms with Gasteiger partial charge < -0.3 is 15.0 Å². The minimum Gasteiger partial charge on any atom is -0.375 e. The lowest BCUT2D eigenvalue weighted by Crippen LogP contribution is -2.38. The Balaban J connectivity index is 1.48. The molecule has 0 aromatic carbocycles. The van der Waals surface area contributed by atoms with Gasteiger partial charge >= 0.3 is 0 Å². The molecule has 170 valence electrons. The SMILES string of the molecule is COCC(=O)NCCC1CCCN(c2cc(-c3cnc4ccc(C(F)F)nn34)ncn2)C1. The van der Waals surface area contributed by atoms with Crippen molar-refractivity contribution in [1.82, 2.24) is 29.9 Å². The Morgan fingerprint density at radius 2 is 2.19 bits per heavy atom. The number of amides is 1. The normalized spacial score (nSPS) is 16.6. The summed E-state index contributed by atoms with van der Waals surface area (Å²) in [6, 6.07) is 4.62. The summed E-state index contributed by atoms with van der Waals surface area (Å²) in [5.41, 5.74) is 1.25. The molecule has 3 aromatic rings. The van der Waals surface area contributed by atoms with E-state index in [1.165, 1.54) is 30.1 Å². The molecule has 1 unspecified atom stereocenters. The number of rotatable bonds is 8. The van der Waals surface area contributed by atoms with Crippen molar-refractivity contribution in [3.8, 4) is 11.4 Å². The van der Waals surface area contributed by atoms with Crippen molar-refractivity contribution in [2.24, 2.45) is 5.92 Å². The molecule has 0 bridgehead atoms. The van der Waals surface area contributed by atoms with E-state index in [0.717, 1.165) is 38.2 Å². The van der Waals surface area contributed by atoms with Crippen molar-refractivity contribution in [2.75, 3.05) is 38.3 Å². The first-order valence-corrected chi connectivity index (χ1v) is 10.5. The second-order valence-electron chi connectivity index (χ2n) is 7.76. The number of ether oxygens (including phenoxy) is 1. The van der Waals surface area contributed by atoms with E-state index in [1.54, 1.807) is 6.20 Å². The van der Waals surface area contributed by atoms with Crippen LogP contribution in [-0.2, 0) is 9.53 Å². The standard InChI is InChI=1S/C21H25F2N7O2/c1-32-12-20(31)24-7-6-14-3-2-8-29(11-14)19-9-16(26-13-27-19)17-10-25-18-5-4-15(21(22)23)28-30(17)18/h4-5,9-10,13-14,21H,2-3,6-8,11-12H2,1H3,(H,24,31). The van der Waals surface area contributed by atoms with E-state index in [1.807, 2.05) is 6.07 Å². The van der Waals surface area contributed by atoms with Gasteiger partial charge in [0.2, 0.25) is 5.91 Å². The van der Waals surface area contributed by atoms with Crippen molar-refractivity contribution >= 4 is 17.4 Å². The molecule has 0 radical (unpaired) electrons. The smallest absolute Gasteiger partial charge is 0.282 e. The minimum atomic E-state index is -2.67. The van der Waals surface area contributed by atoms with Gasteiger partial charge in [0.25, 0.3) is 6.43 Å². The number of anilines is 1. The lowest BCUT2D eigenvalue weighted by Gasteiger charge is -2.33. The number of carbonyl (C=O) groups excluding carboxylic acids is 1. The first-order valence-electron chi connectivity index (χ1n) is 10.5. The molecule has 4 heterocycles. The molecule has 1 atom stereocenters. The van der Waals surface area contributed by atoms with Crippen LogP contribution in [0.25, 0.3) is 17.0 Å². The second-order valence-corrected chi connectivity index (χ2v) is 7.76. The number of nitrogens with one attached hydrogen (secondary N) is 1. The molecule has 1 aliphatic heterocycles. The average molecular weight is 445 g/mol. The van der Waals surface area contributed by atoms with Gasteiger partial charge in [-0.2, -0.15) is 5.10 Å². The first-order chi connectivity index (χ1) is 15.5. The van der Waals surface area contributed by atoms with E-state index < -0.39 is 6.43 Å². The molecule has 1 aliphatic rings. The molecule has 11 heteroatoms. The van der Waals surface area contributed by atoms with Gasteiger partial charge in [0, 0.05) is 32.8 Å². The summed E-state index contributed by atoms with van der Waals surface area (Å²) >= 11 is 0. The number of hydrogen-bond donors (Lipinski definition) is 1. The highest BCUT2D eigenvalue weighted by Gasteiger charge is 2.22. The van der Waals surface area contributed by atoms with Crippen LogP contribution in [0, 0.1) is 5.92 Å². The third-order valence-corrected chi connectivity index (χ3v) is 5.51. The summed E-state index contributed by atoms with van der Waals surface area (Å²) < 4.78 is 32.4. The molecule has 32 heavy (non-hydrogen) atoms. The van der Waals surface area contributed by atoms with E-state index >= 15 is 0 Å². The van der Waals surface area contributed by atoms with Crippen LogP contribution >= 0.6 is 0 Å². The second kappa shape index (κ2) is 9.94. The van der Waals surface area contributed by atoms with Crippen LogP contribution in [0.15, 0.2) is 30.7 Å². The summed E-state index contributed by atoms with van der Waals surface area (Å²) in [5.74, 6) is 1.08. The highest BCUT2D eigenvalue weighted by molar-refractivity contribution is 5.77. The molecule has 0 saturated carbocycles. The zero-order valence-corrected chi connectivity index (χ0v) is 17.7. The van der Waals surface area contributed by atoms with Crippen molar-refractivity contribution < 1.29 is 18.3 Å². The Kier molecular flexibility index (Phi) is 6.84. The zero-order valence-electron chi connectivity index (χ0n) is 17.7. The first kappa shape index (κ1) is 22.0. The van der Waals surface area contributed by atoms with Gasteiger partial charge in [-0.25, -0.2) is 28.2 Å². The van der Waals surface area contributed by atoms with Gasteiger partial charge in [0.1, 0.15) is 30.1 Å². The van der Waals surface area contributed by atoms with E-state index in [2.05, 4.69) is 30.3 Å². The van der Waals surface area contributed by atoms with Gasteiger partial charge in [-0.15, -0.1) is 0 Å². The molecule has 1 N–H and O–H groups in total. The fraction of sp³-hybridized carbons (Fsp3) is 0.476. The van der Waals surface area contributed by atoms with Gasteiger partial charge in [0.15, 0.2) is 5.65 Å². The summed E-state index contributed by atoms with van der Waals surface area (Å²) in [6.45, 7) is 2.36. The number of imidazole rings is 1. The lowest BCUT2D eigenvalue weighted by molar-refractivity contribution is -0.124. The minimum absolute atomic E-state index is 0.0669. The Labute approximate surface area is 183 Å². The molecule has 4 rings (SSSR count). The fourth-order valence-electron chi connectivity index (χ4n) is 3.95. The van der Waals surface area contributed by atoms with Crippen molar-refractivity contribution in [3.63, 3.8) is 0 Å². The summed E-state index contributed by atoms with van der Waals surface area (Å²) in [5, 5.41) is 6.88. The molecule has 0 aliphatic carbocycles.